The van der Waals surface area contributed by atoms with Crippen LogP contribution in [-0.2, 0) is 0 Å². The lowest BCUT2D eigenvalue weighted by Gasteiger charge is -2.46. The summed E-state index contributed by atoms with van der Waals surface area (Å²) in [5, 5.41) is 0. The normalized spacial score (nSPS) is 29.5. The van der Waals surface area contributed by atoms with Gasteiger partial charge in [-0.1, -0.05) is 11.7 Å². The first-order chi connectivity index (χ1) is 5.74. The smallest absolute Gasteiger partial charge is 0.0179 e. The summed E-state index contributed by atoms with van der Waals surface area (Å²) in [6.45, 7) is 5.09. The third kappa shape index (κ3) is 1.75. The molecule has 0 saturated carbocycles. The van der Waals surface area contributed by atoms with Gasteiger partial charge in [-0.3, -0.25) is 0 Å². The number of hydrogen-bond acceptors (Lipinski definition) is 5. The summed E-state index contributed by atoms with van der Waals surface area (Å²) in [5.41, 5.74) is 0.644. The Hall–Kier alpha value is 0.970. The molecule has 2 rings (SSSR count). The molecule has 0 unspecified atom stereocenters. The molecule has 0 aromatic carbocycles. The number of hydrogen-bond donors (Lipinski definition) is 1. The molecule has 0 atom stereocenters. The van der Waals surface area contributed by atoms with Gasteiger partial charge in [0.1, 0.15) is 0 Å². The van der Waals surface area contributed by atoms with Crippen LogP contribution in [-0.4, -0.2) is 42.4 Å². The molecule has 1 spiro atoms. The molecule has 0 aliphatic carbocycles. The maximum absolute atomic E-state index is 4.15. The summed E-state index contributed by atoms with van der Waals surface area (Å²) >= 11 is 4.15. The minimum atomic E-state index is 0.644. The molecule has 0 N–H and O–H groups in total. The van der Waals surface area contributed by atoms with Crippen molar-refractivity contribution in [2.75, 3.05) is 33.2 Å². The van der Waals surface area contributed by atoms with Gasteiger partial charge >= 0.3 is 0 Å². The van der Waals surface area contributed by atoms with Crippen molar-refractivity contribution < 1.29 is 0 Å². The zero-order valence-electron chi connectivity index (χ0n) is 7.19. The maximum atomic E-state index is 4.15. The van der Waals surface area contributed by atoms with Gasteiger partial charge in [-0.2, -0.15) is 0 Å². The van der Waals surface area contributed by atoms with E-state index in [4.69, 9.17) is 0 Å². The fourth-order valence-electron chi connectivity index (χ4n) is 2.36. The Bertz CT molecular complexity index is 170. The van der Waals surface area contributed by atoms with Gasteiger partial charge in [-0.05, 0) is 23.3 Å². The van der Waals surface area contributed by atoms with E-state index in [-0.39, 0.29) is 0 Å². The first kappa shape index (κ1) is 9.52. The molecule has 0 aromatic rings. The van der Waals surface area contributed by atoms with Crippen LogP contribution in [0.4, 0.5) is 0 Å². The van der Waals surface area contributed by atoms with Gasteiger partial charge in [0.05, 0.1) is 0 Å². The molecular weight excluding hydrogens is 208 g/mol. The average Bonchev–Trinajstić information content (AvgIpc) is 2.33. The molecule has 5 heteroatoms. The highest BCUT2D eigenvalue weighted by Gasteiger charge is 2.46. The monoisotopic (exact) mass is 222 g/mol. The maximum Gasteiger partial charge on any atom is 0.0179 e. The van der Waals surface area contributed by atoms with E-state index in [1.807, 2.05) is 0 Å². The van der Waals surface area contributed by atoms with Crippen LogP contribution in [0, 0.1) is 5.41 Å². The van der Waals surface area contributed by atoms with Crippen molar-refractivity contribution in [2.24, 2.45) is 5.41 Å². The van der Waals surface area contributed by atoms with Crippen LogP contribution in [0.25, 0.3) is 0 Å². The number of rotatable bonds is 2. The van der Waals surface area contributed by atoms with Gasteiger partial charge in [0, 0.05) is 42.6 Å². The van der Waals surface area contributed by atoms with Crippen molar-refractivity contribution >= 4 is 32.5 Å². The van der Waals surface area contributed by atoms with Crippen LogP contribution >= 0.6 is 32.5 Å². The van der Waals surface area contributed by atoms with Crippen LogP contribution in [0.5, 0.6) is 0 Å². The Morgan fingerprint density at radius 2 is 2.08 bits per heavy atom. The highest BCUT2D eigenvalue weighted by Crippen LogP contribution is 2.43. The molecule has 0 radical (unpaired) electrons. The van der Waals surface area contributed by atoms with Gasteiger partial charge in [0.2, 0.25) is 0 Å². The van der Waals surface area contributed by atoms with Gasteiger partial charge in [0.25, 0.3) is 0 Å². The molecule has 2 saturated heterocycles. The van der Waals surface area contributed by atoms with Crippen LogP contribution in [0.15, 0.2) is 0 Å². The Kier molecular flexibility index (Phi) is 2.87. The molecule has 2 nitrogen and oxygen atoms in total. The molecule has 0 amide bonds. The first-order valence-corrected chi connectivity index (χ1v) is 7.32. The second-order valence-corrected chi connectivity index (χ2v) is 6.99. The van der Waals surface area contributed by atoms with Crippen molar-refractivity contribution in [3.63, 3.8) is 0 Å². The third-order valence-electron chi connectivity index (χ3n) is 2.75. The van der Waals surface area contributed by atoms with Crippen molar-refractivity contribution in [2.45, 2.75) is 6.42 Å². The summed E-state index contributed by atoms with van der Waals surface area (Å²) in [5.74, 6) is 0. The minimum absolute atomic E-state index is 0.644. The largest absolute Gasteiger partial charge is 0.305 e. The molecule has 2 aliphatic heterocycles. The van der Waals surface area contributed by atoms with E-state index in [9.17, 15) is 0 Å². The number of nitrogens with zero attached hydrogens (tertiary/aromatic N) is 2. The quantitative estimate of drug-likeness (QED) is 0.432. The van der Waals surface area contributed by atoms with E-state index in [2.05, 4.69) is 27.9 Å². The van der Waals surface area contributed by atoms with E-state index >= 15 is 0 Å². The van der Waals surface area contributed by atoms with Gasteiger partial charge in [-0.25, -0.2) is 4.31 Å². The van der Waals surface area contributed by atoms with Gasteiger partial charge in [-0.15, -0.1) is 0 Å². The lowest BCUT2D eigenvalue weighted by molar-refractivity contribution is 0.0369. The molecular formula is C7H14N2S3. The molecule has 2 aliphatic rings. The van der Waals surface area contributed by atoms with Crippen molar-refractivity contribution in [1.29, 1.82) is 0 Å². The van der Waals surface area contributed by atoms with E-state index in [0.29, 0.717) is 5.41 Å². The molecule has 2 fully saturated rings. The van der Waals surface area contributed by atoms with Crippen molar-refractivity contribution in [3.05, 3.63) is 0 Å². The molecule has 12 heavy (non-hydrogen) atoms. The summed E-state index contributed by atoms with van der Waals surface area (Å²) < 4.78 is 2.44. The van der Waals surface area contributed by atoms with Crippen LogP contribution in [0.1, 0.15) is 6.42 Å². The molecule has 0 bridgehead atoms. The van der Waals surface area contributed by atoms with Gasteiger partial charge < -0.3 is 4.90 Å². The lowest BCUT2D eigenvalue weighted by atomic mass is 9.80. The van der Waals surface area contributed by atoms with E-state index in [1.54, 1.807) is 20.8 Å². The Labute approximate surface area is 86.8 Å². The fraction of sp³-hybridized carbons (Fsp3) is 1.00. The Morgan fingerprint density at radius 3 is 2.67 bits per heavy atom. The van der Waals surface area contributed by atoms with Crippen molar-refractivity contribution in [3.8, 4) is 0 Å². The zero-order chi connectivity index (χ0) is 8.60. The summed E-state index contributed by atoms with van der Waals surface area (Å²) in [4.78, 5) is 2.40. The minimum Gasteiger partial charge on any atom is -0.305 e. The first-order valence-electron chi connectivity index (χ1n) is 4.16. The highest BCUT2D eigenvalue weighted by molar-refractivity contribution is 9.04. The SMILES string of the molecule is CN1CC2(CCN(SSS)C2)C1. The van der Waals surface area contributed by atoms with Crippen LogP contribution in [0.3, 0.4) is 0 Å². The molecule has 70 valence electrons. The Balaban J connectivity index is 1.82. The lowest BCUT2D eigenvalue weighted by Crippen LogP contribution is -2.55. The second-order valence-electron chi connectivity index (χ2n) is 3.93. The zero-order valence-corrected chi connectivity index (χ0v) is 9.72. The van der Waals surface area contributed by atoms with Crippen LogP contribution in [0.2, 0.25) is 0 Å². The second kappa shape index (κ2) is 3.61. The fourth-order valence-corrected chi connectivity index (χ4v) is 4.46. The van der Waals surface area contributed by atoms with Crippen LogP contribution < -0.4 is 0 Å². The summed E-state index contributed by atoms with van der Waals surface area (Å²) in [6.07, 6.45) is 1.37. The topological polar surface area (TPSA) is 6.48 Å². The van der Waals surface area contributed by atoms with Gasteiger partial charge in [0.15, 0.2) is 0 Å². The molecule has 0 aromatic heterocycles. The number of likely N-dealkylation sites (tertiary alicyclic amines) is 1. The number of thiol groups is 1. The van der Waals surface area contributed by atoms with E-state index in [1.165, 1.54) is 32.6 Å². The van der Waals surface area contributed by atoms with E-state index < -0.39 is 0 Å². The summed E-state index contributed by atoms with van der Waals surface area (Å²) in [7, 11) is 5.55. The average molecular weight is 222 g/mol. The predicted octanol–water partition coefficient (Wildman–Crippen LogP) is 1.77. The molecule has 2 heterocycles. The third-order valence-corrected chi connectivity index (χ3v) is 4.77. The van der Waals surface area contributed by atoms with E-state index in [0.717, 1.165) is 0 Å². The predicted molar refractivity (Wildman–Crippen MR) is 60.3 cm³/mol. The standard InChI is InChI=1S/C7H14N2S3/c1-8-4-7(5-8)2-3-9(6-7)11-12-10/h10H,2-6H2,1H3. The Morgan fingerprint density at radius 1 is 1.33 bits per heavy atom. The highest BCUT2D eigenvalue weighted by atomic mass is 33.5. The summed E-state index contributed by atoms with van der Waals surface area (Å²) in [6, 6.07) is 0. The van der Waals surface area contributed by atoms with Crippen molar-refractivity contribution in [1.82, 2.24) is 9.21 Å².